The molecule has 2 fully saturated rings. The molecule has 0 aliphatic carbocycles. The summed E-state index contributed by atoms with van der Waals surface area (Å²) in [4.78, 5) is 4.95. The molecule has 4 nitrogen and oxygen atoms in total. The molecule has 0 bridgehead atoms. The number of ether oxygens (including phenoxy) is 1. The smallest absolute Gasteiger partial charge is 0.0703 e. The topological polar surface area (TPSA) is 35.9 Å². The van der Waals surface area contributed by atoms with Crippen LogP contribution in [0.25, 0.3) is 0 Å². The normalized spacial score (nSPS) is 34.0. The fourth-order valence-corrected chi connectivity index (χ4v) is 3.57. The lowest BCUT2D eigenvalue weighted by Crippen LogP contribution is -2.64. The summed E-state index contributed by atoms with van der Waals surface area (Å²) >= 11 is 0. The van der Waals surface area contributed by atoms with Gasteiger partial charge >= 0.3 is 0 Å². The molecule has 2 rings (SSSR count). The van der Waals surface area contributed by atoms with Crippen molar-refractivity contribution in [2.45, 2.75) is 50.8 Å². The summed E-state index contributed by atoms with van der Waals surface area (Å²) in [7, 11) is 2.18. The van der Waals surface area contributed by atoms with Gasteiger partial charge in [-0.15, -0.1) is 0 Å². The van der Waals surface area contributed by atoms with Crippen LogP contribution < -0.4 is 0 Å². The van der Waals surface area contributed by atoms with E-state index in [1.807, 2.05) is 0 Å². The van der Waals surface area contributed by atoms with E-state index in [1.54, 1.807) is 0 Å². The first-order valence-electron chi connectivity index (χ1n) is 7.20. The van der Waals surface area contributed by atoms with Gasteiger partial charge in [0.15, 0.2) is 0 Å². The van der Waals surface area contributed by atoms with Crippen molar-refractivity contribution in [2.24, 2.45) is 0 Å². The Balaban J connectivity index is 2.04. The Labute approximate surface area is 111 Å². The van der Waals surface area contributed by atoms with Gasteiger partial charge in [0.2, 0.25) is 0 Å². The highest BCUT2D eigenvalue weighted by molar-refractivity contribution is 4.96. The molecule has 0 aromatic heterocycles. The van der Waals surface area contributed by atoms with E-state index in [0.29, 0.717) is 12.1 Å². The van der Waals surface area contributed by atoms with E-state index >= 15 is 0 Å². The number of rotatable bonds is 4. The number of hydrogen-bond donors (Lipinski definition) is 1. The molecule has 0 aromatic carbocycles. The lowest BCUT2D eigenvalue weighted by molar-refractivity contribution is -0.0519. The second-order valence-corrected chi connectivity index (χ2v) is 6.46. The number of nitrogens with zero attached hydrogens (tertiary/aromatic N) is 2. The zero-order valence-electron chi connectivity index (χ0n) is 12.1. The average Bonchev–Trinajstić information content (AvgIpc) is 2.75. The predicted molar refractivity (Wildman–Crippen MR) is 72.7 cm³/mol. The molecule has 2 atom stereocenters. The molecule has 0 saturated carbocycles. The van der Waals surface area contributed by atoms with Gasteiger partial charge in [0.05, 0.1) is 6.10 Å². The van der Waals surface area contributed by atoms with Gasteiger partial charge in [-0.1, -0.05) is 0 Å². The molecule has 0 amide bonds. The van der Waals surface area contributed by atoms with Crippen molar-refractivity contribution in [1.82, 2.24) is 9.80 Å². The van der Waals surface area contributed by atoms with E-state index in [4.69, 9.17) is 4.74 Å². The average molecular weight is 256 g/mol. The van der Waals surface area contributed by atoms with Crippen LogP contribution in [-0.2, 0) is 4.74 Å². The number of aliphatic hydroxyl groups is 1. The molecule has 2 aliphatic rings. The van der Waals surface area contributed by atoms with Crippen LogP contribution in [0.1, 0.15) is 33.1 Å². The van der Waals surface area contributed by atoms with Crippen molar-refractivity contribution >= 4 is 0 Å². The molecule has 106 valence electrons. The van der Waals surface area contributed by atoms with Crippen LogP contribution in [0.15, 0.2) is 0 Å². The first-order chi connectivity index (χ1) is 8.53. The molecule has 4 heteroatoms. The predicted octanol–water partition coefficient (Wildman–Crippen LogP) is 0.942. The minimum absolute atomic E-state index is 0.165. The Kier molecular flexibility index (Phi) is 4.64. The van der Waals surface area contributed by atoms with Gasteiger partial charge in [-0.3, -0.25) is 4.90 Å². The summed E-state index contributed by atoms with van der Waals surface area (Å²) in [6.07, 6.45) is 3.65. The van der Waals surface area contributed by atoms with Crippen LogP contribution in [0.5, 0.6) is 0 Å². The third-order valence-electron chi connectivity index (χ3n) is 4.28. The molecular weight excluding hydrogens is 228 g/mol. The van der Waals surface area contributed by atoms with Crippen LogP contribution >= 0.6 is 0 Å². The molecule has 2 heterocycles. The van der Waals surface area contributed by atoms with Gasteiger partial charge in [0, 0.05) is 44.4 Å². The largest absolute Gasteiger partial charge is 0.396 e. The van der Waals surface area contributed by atoms with Crippen molar-refractivity contribution in [3.05, 3.63) is 0 Å². The third-order valence-corrected chi connectivity index (χ3v) is 4.28. The third kappa shape index (κ3) is 3.23. The number of piperazine rings is 1. The summed E-state index contributed by atoms with van der Waals surface area (Å²) in [5, 5.41) is 9.28. The molecule has 0 spiro atoms. The van der Waals surface area contributed by atoms with Gasteiger partial charge in [-0.2, -0.15) is 0 Å². The zero-order valence-corrected chi connectivity index (χ0v) is 12.1. The number of aliphatic hydroxyl groups excluding tert-OH is 1. The highest BCUT2D eigenvalue weighted by atomic mass is 16.5. The molecule has 2 saturated heterocycles. The summed E-state index contributed by atoms with van der Waals surface area (Å²) in [5.74, 6) is 0. The first-order valence-corrected chi connectivity index (χ1v) is 7.20. The van der Waals surface area contributed by atoms with E-state index in [1.165, 1.54) is 12.8 Å². The van der Waals surface area contributed by atoms with Crippen LogP contribution in [0.4, 0.5) is 0 Å². The van der Waals surface area contributed by atoms with Gasteiger partial charge in [0.1, 0.15) is 0 Å². The fraction of sp³-hybridized carbons (Fsp3) is 1.00. The van der Waals surface area contributed by atoms with Crippen LogP contribution in [0.2, 0.25) is 0 Å². The first kappa shape index (κ1) is 14.3. The van der Waals surface area contributed by atoms with Crippen molar-refractivity contribution in [3.8, 4) is 0 Å². The molecule has 18 heavy (non-hydrogen) atoms. The molecule has 2 unspecified atom stereocenters. The maximum absolute atomic E-state index is 9.28. The molecule has 0 aromatic rings. The minimum atomic E-state index is 0.165. The van der Waals surface area contributed by atoms with Crippen molar-refractivity contribution in [3.63, 3.8) is 0 Å². The molecule has 2 aliphatic heterocycles. The fourth-order valence-electron chi connectivity index (χ4n) is 3.57. The summed E-state index contributed by atoms with van der Waals surface area (Å²) in [6.45, 7) is 8.97. The van der Waals surface area contributed by atoms with Gasteiger partial charge in [0.25, 0.3) is 0 Å². The highest BCUT2D eigenvalue weighted by Crippen LogP contribution is 2.28. The Bertz CT molecular complexity index is 265. The second kappa shape index (κ2) is 5.87. The molecule has 1 N–H and O–H groups in total. The highest BCUT2D eigenvalue weighted by Gasteiger charge is 2.39. The van der Waals surface area contributed by atoms with Crippen LogP contribution in [0, 0.1) is 0 Å². The molecular formula is C14H28N2O2. The lowest BCUT2D eigenvalue weighted by atomic mass is 9.93. The summed E-state index contributed by atoms with van der Waals surface area (Å²) < 4.78 is 5.78. The zero-order chi connectivity index (χ0) is 13.2. The maximum atomic E-state index is 9.28. The van der Waals surface area contributed by atoms with Crippen molar-refractivity contribution in [2.75, 3.05) is 39.9 Å². The number of likely N-dealkylation sites (N-methyl/N-ethyl adjacent to an activating group) is 1. The van der Waals surface area contributed by atoms with Gasteiger partial charge in [-0.05, 0) is 40.2 Å². The monoisotopic (exact) mass is 256 g/mol. The Morgan fingerprint density at radius 2 is 2.17 bits per heavy atom. The van der Waals surface area contributed by atoms with Crippen molar-refractivity contribution < 1.29 is 9.84 Å². The van der Waals surface area contributed by atoms with Crippen molar-refractivity contribution in [1.29, 1.82) is 0 Å². The van der Waals surface area contributed by atoms with Gasteiger partial charge in [-0.25, -0.2) is 0 Å². The quantitative estimate of drug-likeness (QED) is 0.812. The van der Waals surface area contributed by atoms with E-state index < -0.39 is 0 Å². The van der Waals surface area contributed by atoms with Gasteiger partial charge < -0.3 is 14.7 Å². The minimum Gasteiger partial charge on any atom is -0.396 e. The maximum Gasteiger partial charge on any atom is 0.0703 e. The van der Waals surface area contributed by atoms with E-state index in [9.17, 15) is 5.11 Å². The number of hydrogen-bond acceptors (Lipinski definition) is 4. The Hall–Kier alpha value is -0.160. The van der Waals surface area contributed by atoms with Crippen LogP contribution in [0.3, 0.4) is 0 Å². The standard InChI is InChI=1S/C14H28N2O2/c1-14(2)11-15(3)9-12(6-7-17)16(14)10-13-5-4-8-18-13/h12-13,17H,4-11H2,1-3H3. The van der Waals surface area contributed by atoms with E-state index in [-0.39, 0.29) is 12.1 Å². The Morgan fingerprint density at radius 3 is 2.78 bits per heavy atom. The van der Waals surface area contributed by atoms with Crippen LogP contribution in [-0.4, -0.2) is 72.5 Å². The van der Waals surface area contributed by atoms with E-state index in [0.717, 1.165) is 32.7 Å². The van der Waals surface area contributed by atoms with E-state index in [2.05, 4.69) is 30.7 Å². The molecule has 0 radical (unpaired) electrons. The summed E-state index contributed by atoms with van der Waals surface area (Å²) in [6, 6.07) is 0.452. The Morgan fingerprint density at radius 1 is 1.39 bits per heavy atom. The summed E-state index contributed by atoms with van der Waals surface area (Å²) in [5.41, 5.74) is 0.165. The lowest BCUT2D eigenvalue weighted by Gasteiger charge is -2.51. The second-order valence-electron chi connectivity index (χ2n) is 6.46. The SMILES string of the molecule is CN1CC(CCO)N(CC2CCCO2)C(C)(C)C1.